The lowest BCUT2D eigenvalue weighted by molar-refractivity contribution is 0.200. The Morgan fingerprint density at radius 3 is 3.00 bits per heavy atom. The summed E-state index contributed by atoms with van der Waals surface area (Å²) in [5.74, 6) is 2.07. The molecule has 3 heterocycles. The molecule has 0 bridgehead atoms. The van der Waals surface area contributed by atoms with E-state index < -0.39 is 0 Å². The number of nitrogens with zero attached hydrogens (tertiary/aromatic N) is 3. The van der Waals surface area contributed by atoms with Crippen LogP contribution in [0.3, 0.4) is 0 Å². The average Bonchev–Trinajstić information content (AvgIpc) is 2.46. The van der Waals surface area contributed by atoms with Crippen molar-refractivity contribution in [2.75, 3.05) is 31.2 Å². The van der Waals surface area contributed by atoms with Crippen molar-refractivity contribution in [3.05, 3.63) is 24.5 Å². The zero-order chi connectivity index (χ0) is 14.7. The van der Waals surface area contributed by atoms with Crippen LogP contribution in [0.25, 0.3) is 10.9 Å². The van der Waals surface area contributed by atoms with Gasteiger partial charge in [-0.25, -0.2) is 9.97 Å². The second-order valence-corrected chi connectivity index (χ2v) is 5.53. The minimum Gasteiger partial charge on any atom is -0.492 e. The van der Waals surface area contributed by atoms with Crippen molar-refractivity contribution >= 4 is 16.7 Å². The Kier molecular flexibility index (Phi) is 4.20. The van der Waals surface area contributed by atoms with Crippen LogP contribution in [0.15, 0.2) is 24.5 Å². The van der Waals surface area contributed by atoms with Gasteiger partial charge in [-0.2, -0.15) is 0 Å². The van der Waals surface area contributed by atoms with Crippen molar-refractivity contribution in [2.24, 2.45) is 5.92 Å². The number of hydrogen-bond acceptors (Lipinski definition) is 5. The van der Waals surface area contributed by atoms with E-state index in [0.29, 0.717) is 5.92 Å². The molecule has 0 spiro atoms. The summed E-state index contributed by atoms with van der Waals surface area (Å²) in [4.78, 5) is 11.1. The number of aliphatic hydroxyl groups excluding tert-OH is 1. The number of ether oxygens (including phenoxy) is 1. The van der Waals surface area contributed by atoms with Crippen molar-refractivity contribution < 1.29 is 9.84 Å². The predicted octanol–water partition coefficient (Wildman–Crippen LogP) is 2.24. The highest BCUT2D eigenvalue weighted by molar-refractivity contribution is 5.89. The van der Waals surface area contributed by atoms with Crippen LogP contribution in [0.4, 0.5) is 5.82 Å². The Bertz CT molecular complexity index is 611. The standard InChI is InChI=1S/C16H21N3O2/c1-2-3-6-21-14-7-13-4-5-17-16(15(13)18-8-14)19-9-12(10-19)11-20/h4-5,7-8,12,20H,2-3,6,9-11H2,1H3. The zero-order valence-electron chi connectivity index (χ0n) is 12.3. The summed E-state index contributed by atoms with van der Waals surface area (Å²) in [6.07, 6.45) is 5.75. The lowest BCUT2D eigenvalue weighted by Crippen LogP contribution is -2.48. The minimum atomic E-state index is 0.240. The van der Waals surface area contributed by atoms with Crippen LogP contribution in [0, 0.1) is 5.92 Å². The highest BCUT2D eigenvalue weighted by Crippen LogP contribution is 2.29. The van der Waals surface area contributed by atoms with Crippen LogP contribution in [-0.4, -0.2) is 41.4 Å². The van der Waals surface area contributed by atoms with E-state index >= 15 is 0 Å². The Morgan fingerprint density at radius 1 is 1.38 bits per heavy atom. The Labute approximate surface area is 124 Å². The fourth-order valence-corrected chi connectivity index (χ4v) is 2.53. The number of hydrogen-bond donors (Lipinski definition) is 1. The molecule has 2 aromatic heterocycles. The number of rotatable bonds is 6. The van der Waals surface area contributed by atoms with Crippen LogP contribution in [-0.2, 0) is 0 Å². The first kappa shape index (κ1) is 14.1. The van der Waals surface area contributed by atoms with Crippen molar-refractivity contribution in [2.45, 2.75) is 19.8 Å². The van der Waals surface area contributed by atoms with Gasteiger partial charge in [0, 0.05) is 37.2 Å². The van der Waals surface area contributed by atoms with Gasteiger partial charge in [-0.1, -0.05) is 13.3 Å². The maximum atomic E-state index is 9.12. The molecule has 0 saturated carbocycles. The smallest absolute Gasteiger partial charge is 0.155 e. The molecule has 0 unspecified atom stereocenters. The molecule has 21 heavy (non-hydrogen) atoms. The van der Waals surface area contributed by atoms with E-state index in [-0.39, 0.29) is 6.61 Å². The van der Waals surface area contributed by atoms with Gasteiger partial charge in [0.2, 0.25) is 0 Å². The number of pyridine rings is 2. The molecular weight excluding hydrogens is 266 g/mol. The van der Waals surface area contributed by atoms with Crippen LogP contribution < -0.4 is 9.64 Å². The zero-order valence-corrected chi connectivity index (χ0v) is 12.3. The molecule has 5 nitrogen and oxygen atoms in total. The third-order valence-corrected chi connectivity index (χ3v) is 3.84. The summed E-state index contributed by atoms with van der Waals surface area (Å²) >= 11 is 0. The summed E-state index contributed by atoms with van der Waals surface area (Å²) in [5, 5.41) is 10.2. The van der Waals surface area contributed by atoms with E-state index in [1.54, 1.807) is 12.4 Å². The number of anilines is 1. The molecule has 0 amide bonds. The SMILES string of the molecule is CCCCOc1cnc2c(N3CC(CO)C3)nccc2c1. The van der Waals surface area contributed by atoms with Gasteiger partial charge >= 0.3 is 0 Å². The van der Waals surface area contributed by atoms with E-state index in [1.165, 1.54) is 0 Å². The normalized spacial score (nSPS) is 15.2. The Balaban J connectivity index is 1.80. The van der Waals surface area contributed by atoms with Crippen LogP contribution in [0.5, 0.6) is 5.75 Å². The van der Waals surface area contributed by atoms with Crippen LogP contribution >= 0.6 is 0 Å². The molecule has 1 fully saturated rings. The summed E-state index contributed by atoms with van der Waals surface area (Å²) < 4.78 is 5.70. The summed E-state index contributed by atoms with van der Waals surface area (Å²) in [6, 6.07) is 3.98. The molecule has 1 N–H and O–H groups in total. The van der Waals surface area contributed by atoms with Crippen molar-refractivity contribution in [1.82, 2.24) is 9.97 Å². The molecule has 5 heteroatoms. The van der Waals surface area contributed by atoms with Gasteiger partial charge in [0.15, 0.2) is 5.82 Å². The van der Waals surface area contributed by atoms with E-state index in [9.17, 15) is 0 Å². The van der Waals surface area contributed by atoms with Crippen molar-refractivity contribution in [3.63, 3.8) is 0 Å². The minimum absolute atomic E-state index is 0.240. The highest BCUT2D eigenvalue weighted by Gasteiger charge is 2.28. The third-order valence-electron chi connectivity index (χ3n) is 3.84. The monoisotopic (exact) mass is 287 g/mol. The van der Waals surface area contributed by atoms with E-state index in [4.69, 9.17) is 9.84 Å². The number of aromatic nitrogens is 2. The molecule has 0 aliphatic carbocycles. The van der Waals surface area contributed by atoms with Gasteiger partial charge in [-0.05, 0) is 18.6 Å². The molecule has 1 aliphatic rings. The fraction of sp³-hybridized carbons (Fsp3) is 0.500. The summed E-state index contributed by atoms with van der Waals surface area (Å²) in [5.41, 5.74) is 0.900. The van der Waals surface area contributed by atoms with E-state index in [2.05, 4.69) is 21.8 Å². The lowest BCUT2D eigenvalue weighted by atomic mass is 10.0. The van der Waals surface area contributed by atoms with Gasteiger partial charge < -0.3 is 14.7 Å². The molecule has 1 aliphatic heterocycles. The van der Waals surface area contributed by atoms with Gasteiger partial charge in [-0.15, -0.1) is 0 Å². The second-order valence-electron chi connectivity index (χ2n) is 5.53. The predicted molar refractivity (Wildman–Crippen MR) is 82.7 cm³/mol. The number of aliphatic hydroxyl groups is 1. The lowest BCUT2D eigenvalue weighted by Gasteiger charge is -2.39. The number of fused-ring (bicyclic) bond motifs is 1. The molecule has 0 radical (unpaired) electrons. The maximum absolute atomic E-state index is 9.12. The van der Waals surface area contributed by atoms with E-state index in [0.717, 1.165) is 55.0 Å². The maximum Gasteiger partial charge on any atom is 0.155 e. The van der Waals surface area contributed by atoms with Crippen molar-refractivity contribution in [1.29, 1.82) is 0 Å². The van der Waals surface area contributed by atoms with Gasteiger partial charge in [-0.3, -0.25) is 0 Å². The molecule has 2 aromatic rings. The quantitative estimate of drug-likeness (QED) is 0.826. The van der Waals surface area contributed by atoms with E-state index in [1.807, 2.05) is 12.1 Å². The Morgan fingerprint density at radius 2 is 2.24 bits per heavy atom. The first-order valence-electron chi connectivity index (χ1n) is 7.55. The third kappa shape index (κ3) is 2.93. The van der Waals surface area contributed by atoms with Crippen molar-refractivity contribution in [3.8, 4) is 5.75 Å². The Hall–Kier alpha value is -1.88. The van der Waals surface area contributed by atoms with Crippen LogP contribution in [0.1, 0.15) is 19.8 Å². The second kappa shape index (κ2) is 6.26. The highest BCUT2D eigenvalue weighted by atomic mass is 16.5. The largest absolute Gasteiger partial charge is 0.492 e. The molecule has 0 atom stereocenters. The molecule has 112 valence electrons. The van der Waals surface area contributed by atoms with Crippen LogP contribution in [0.2, 0.25) is 0 Å². The first-order chi connectivity index (χ1) is 10.3. The fourth-order valence-electron chi connectivity index (χ4n) is 2.53. The molecule has 1 saturated heterocycles. The molecule has 0 aromatic carbocycles. The topological polar surface area (TPSA) is 58.5 Å². The number of unbranched alkanes of at least 4 members (excludes halogenated alkanes) is 1. The van der Waals surface area contributed by atoms with Gasteiger partial charge in [0.1, 0.15) is 11.3 Å². The first-order valence-corrected chi connectivity index (χ1v) is 7.55. The van der Waals surface area contributed by atoms with Gasteiger partial charge in [0.25, 0.3) is 0 Å². The average molecular weight is 287 g/mol. The molecular formula is C16H21N3O2. The molecule has 3 rings (SSSR count). The summed E-state index contributed by atoms with van der Waals surface area (Å²) in [7, 11) is 0. The summed E-state index contributed by atoms with van der Waals surface area (Å²) in [6.45, 7) is 4.81. The van der Waals surface area contributed by atoms with Gasteiger partial charge in [0.05, 0.1) is 12.8 Å².